The smallest absolute Gasteiger partial charge is 0.411 e. The van der Waals surface area contributed by atoms with Crippen molar-refractivity contribution < 1.29 is 9.53 Å². The molecule has 5 nitrogen and oxygen atoms in total. The monoisotopic (exact) mass is 303 g/mol. The maximum absolute atomic E-state index is 11.4. The molecule has 22 heavy (non-hydrogen) atoms. The van der Waals surface area contributed by atoms with E-state index in [0.29, 0.717) is 12.6 Å². The summed E-state index contributed by atoms with van der Waals surface area (Å²) in [5.41, 5.74) is 1.77. The summed E-state index contributed by atoms with van der Waals surface area (Å²) in [5, 5.41) is 2.69. The van der Waals surface area contributed by atoms with Crippen LogP contribution in [0.5, 0.6) is 0 Å². The first-order chi connectivity index (χ1) is 10.6. The van der Waals surface area contributed by atoms with Crippen LogP contribution >= 0.6 is 0 Å². The van der Waals surface area contributed by atoms with Gasteiger partial charge in [-0.15, -0.1) is 0 Å². The lowest BCUT2D eigenvalue weighted by molar-refractivity contribution is 0.168. The first-order valence-corrected chi connectivity index (χ1v) is 7.92. The van der Waals surface area contributed by atoms with Crippen LogP contribution in [0.4, 0.5) is 16.2 Å². The van der Waals surface area contributed by atoms with Crippen molar-refractivity contribution in [1.29, 1.82) is 0 Å². The number of rotatable bonds is 4. The quantitative estimate of drug-likeness (QED) is 0.674. The summed E-state index contributed by atoms with van der Waals surface area (Å²) in [7, 11) is 2.02. The molecule has 0 bridgehead atoms. The summed E-state index contributed by atoms with van der Waals surface area (Å²) in [6.45, 7) is 4.19. The molecular weight excluding hydrogens is 278 g/mol. The highest BCUT2D eigenvalue weighted by molar-refractivity contribution is 5.96. The number of carbonyl (C=O) groups excluding carboxylic acids is 1. The molecule has 1 aromatic rings. The molecular formula is C17H25N3O2. The van der Waals surface area contributed by atoms with Gasteiger partial charge in [0.05, 0.1) is 12.6 Å². The summed E-state index contributed by atoms with van der Waals surface area (Å²) in [4.78, 5) is 18.2. The van der Waals surface area contributed by atoms with Gasteiger partial charge in [0.25, 0.3) is 0 Å². The number of aliphatic imine (C=N–C) groups is 1. The molecule has 0 radical (unpaired) electrons. The maximum Gasteiger partial charge on any atom is 0.411 e. The second-order valence-electron chi connectivity index (χ2n) is 5.57. The molecule has 0 heterocycles. The van der Waals surface area contributed by atoms with Gasteiger partial charge in [0.2, 0.25) is 0 Å². The minimum absolute atomic E-state index is 0.365. The molecule has 1 saturated carbocycles. The minimum Gasteiger partial charge on any atom is -0.450 e. The van der Waals surface area contributed by atoms with Gasteiger partial charge in [0.15, 0.2) is 0 Å². The fourth-order valence-electron chi connectivity index (χ4n) is 2.62. The molecule has 0 unspecified atom stereocenters. The Labute approximate surface area is 132 Å². The predicted molar refractivity (Wildman–Crippen MR) is 90.9 cm³/mol. The van der Waals surface area contributed by atoms with E-state index in [1.807, 2.05) is 38.2 Å². The van der Waals surface area contributed by atoms with E-state index in [4.69, 9.17) is 9.73 Å². The molecule has 1 fully saturated rings. The van der Waals surface area contributed by atoms with Gasteiger partial charge >= 0.3 is 6.09 Å². The van der Waals surface area contributed by atoms with E-state index in [1.165, 1.54) is 25.7 Å². The van der Waals surface area contributed by atoms with Gasteiger partial charge < -0.3 is 9.64 Å². The number of hydrogen-bond donors (Lipinski definition) is 1. The van der Waals surface area contributed by atoms with Crippen LogP contribution in [0.15, 0.2) is 29.3 Å². The lowest BCUT2D eigenvalue weighted by Crippen LogP contribution is -2.25. The van der Waals surface area contributed by atoms with Gasteiger partial charge in [-0.25, -0.2) is 4.79 Å². The Kier molecular flexibility index (Phi) is 5.81. The van der Waals surface area contributed by atoms with Gasteiger partial charge in [-0.3, -0.25) is 10.3 Å². The average Bonchev–Trinajstić information content (AvgIpc) is 3.00. The van der Waals surface area contributed by atoms with Crippen LogP contribution in [0.2, 0.25) is 0 Å². The number of hydrogen-bond acceptors (Lipinski definition) is 3. The van der Waals surface area contributed by atoms with Gasteiger partial charge in [-0.05, 0) is 51.0 Å². The summed E-state index contributed by atoms with van der Waals surface area (Å²) in [6, 6.07) is 8.15. The van der Waals surface area contributed by atoms with Crippen molar-refractivity contribution in [2.45, 2.75) is 45.6 Å². The third-order valence-electron chi connectivity index (χ3n) is 3.96. The third kappa shape index (κ3) is 4.48. The molecule has 0 atom stereocenters. The molecule has 1 N–H and O–H groups in total. The molecule has 1 aliphatic rings. The van der Waals surface area contributed by atoms with E-state index in [0.717, 1.165) is 17.2 Å². The van der Waals surface area contributed by atoms with Gasteiger partial charge in [0, 0.05) is 18.4 Å². The maximum atomic E-state index is 11.4. The Bertz CT molecular complexity index is 519. The van der Waals surface area contributed by atoms with Crippen molar-refractivity contribution in [1.82, 2.24) is 0 Å². The number of nitrogens with zero attached hydrogens (tertiary/aromatic N) is 2. The molecule has 5 heteroatoms. The number of amides is 1. The first-order valence-electron chi connectivity index (χ1n) is 7.92. The van der Waals surface area contributed by atoms with E-state index in [1.54, 1.807) is 6.92 Å². The molecule has 0 saturated heterocycles. The third-order valence-corrected chi connectivity index (χ3v) is 3.96. The summed E-state index contributed by atoms with van der Waals surface area (Å²) < 4.78 is 4.86. The zero-order valence-electron chi connectivity index (χ0n) is 13.6. The Balaban J connectivity index is 1.98. The van der Waals surface area contributed by atoms with Crippen LogP contribution in [-0.2, 0) is 4.74 Å². The van der Waals surface area contributed by atoms with E-state index in [-0.39, 0.29) is 0 Å². The topological polar surface area (TPSA) is 53.9 Å². The highest BCUT2D eigenvalue weighted by Gasteiger charge is 2.15. The molecule has 1 aliphatic carbocycles. The number of ether oxygens (including phenoxy) is 1. The second kappa shape index (κ2) is 7.82. The van der Waals surface area contributed by atoms with Crippen molar-refractivity contribution in [3.63, 3.8) is 0 Å². The van der Waals surface area contributed by atoms with Crippen LogP contribution in [0.3, 0.4) is 0 Å². The zero-order chi connectivity index (χ0) is 15.9. The molecule has 0 aliphatic heterocycles. The molecule has 0 spiro atoms. The largest absolute Gasteiger partial charge is 0.450 e. The first kappa shape index (κ1) is 16.3. The fraction of sp³-hybridized carbons (Fsp3) is 0.529. The minimum atomic E-state index is -0.428. The number of benzene rings is 1. The van der Waals surface area contributed by atoms with Crippen LogP contribution in [0.1, 0.15) is 39.5 Å². The van der Waals surface area contributed by atoms with Gasteiger partial charge in [0.1, 0.15) is 5.84 Å². The van der Waals surface area contributed by atoms with Gasteiger partial charge in [-0.2, -0.15) is 0 Å². The molecule has 1 aromatic carbocycles. The Hall–Kier alpha value is -2.04. The molecule has 1 amide bonds. The summed E-state index contributed by atoms with van der Waals surface area (Å²) >= 11 is 0. The van der Waals surface area contributed by atoms with E-state index < -0.39 is 6.09 Å². The lowest BCUT2D eigenvalue weighted by atomic mass is 10.2. The Morgan fingerprint density at radius 2 is 1.95 bits per heavy atom. The molecule has 2 rings (SSSR count). The van der Waals surface area contributed by atoms with Crippen LogP contribution in [0.25, 0.3) is 0 Å². The average molecular weight is 303 g/mol. The van der Waals surface area contributed by atoms with E-state index in [2.05, 4.69) is 10.2 Å². The van der Waals surface area contributed by atoms with Crippen molar-refractivity contribution >= 4 is 23.3 Å². The van der Waals surface area contributed by atoms with Crippen molar-refractivity contribution in [3.05, 3.63) is 24.3 Å². The number of carbonyl (C=O) groups is 1. The zero-order valence-corrected chi connectivity index (χ0v) is 13.6. The molecule has 0 aromatic heterocycles. The normalized spacial score (nSPS) is 15.7. The molecule has 120 valence electrons. The van der Waals surface area contributed by atoms with E-state index >= 15 is 0 Å². The van der Waals surface area contributed by atoms with Crippen molar-refractivity contribution in [2.75, 3.05) is 23.9 Å². The summed E-state index contributed by atoms with van der Waals surface area (Å²) in [5.74, 6) is 1.03. The Morgan fingerprint density at radius 1 is 1.32 bits per heavy atom. The SMILES string of the molecule is CCOC(=O)Nc1ccc(N(C)C(C)=NC2CCCC2)cc1. The summed E-state index contributed by atoms with van der Waals surface area (Å²) in [6.07, 6.45) is 4.56. The number of amidine groups is 1. The van der Waals surface area contributed by atoms with Crippen LogP contribution in [0, 0.1) is 0 Å². The number of nitrogens with one attached hydrogen (secondary N) is 1. The fourth-order valence-corrected chi connectivity index (χ4v) is 2.62. The highest BCUT2D eigenvalue weighted by Crippen LogP contribution is 2.22. The van der Waals surface area contributed by atoms with Crippen molar-refractivity contribution in [3.8, 4) is 0 Å². The van der Waals surface area contributed by atoms with Crippen molar-refractivity contribution in [2.24, 2.45) is 4.99 Å². The van der Waals surface area contributed by atoms with E-state index in [9.17, 15) is 4.79 Å². The van der Waals surface area contributed by atoms with Crippen LogP contribution in [-0.4, -0.2) is 31.6 Å². The standard InChI is InChI=1S/C17H25N3O2/c1-4-22-17(21)19-15-9-11-16(12-10-15)20(3)13(2)18-14-7-5-6-8-14/h9-12,14H,4-8H2,1-3H3,(H,19,21). The Morgan fingerprint density at radius 3 is 2.55 bits per heavy atom. The van der Waals surface area contributed by atoms with Gasteiger partial charge in [-0.1, -0.05) is 12.8 Å². The lowest BCUT2D eigenvalue weighted by Gasteiger charge is -2.20. The van der Waals surface area contributed by atoms with Crippen LogP contribution < -0.4 is 10.2 Å². The highest BCUT2D eigenvalue weighted by atomic mass is 16.5. The predicted octanol–water partition coefficient (Wildman–Crippen LogP) is 4.05. The second-order valence-corrected chi connectivity index (χ2v) is 5.57. The number of anilines is 2.